The predicted molar refractivity (Wildman–Crippen MR) is 78.4 cm³/mol. The normalized spacial score (nSPS) is 15.5. The zero-order chi connectivity index (χ0) is 14.5. The van der Waals surface area contributed by atoms with E-state index in [1.807, 2.05) is 12.1 Å². The molecule has 1 fully saturated rings. The van der Waals surface area contributed by atoms with Gasteiger partial charge in [0.25, 0.3) is 0 Å². The fraction of sp³-hybridized carbons (Fsp3) is 0.467. The smallest absolute Gasteiger partial charge is 0.222 e. The summed E-state index contributed by atoms with van der Waals surface area (Å²) >= 11 is 5.85. The van der Waals surface area contributed by atoms with E-state index in [0.29, 0.717) is 10.9 Å². The number of nitrogens with one attached hydrogen (secondary N) is 2. The van der Waals surface area contributed by atoms with Gasteiger partial charge in [0, 0.05) is 18.5 Å². The summed E-state index contributed by atoms with van der Waals surface area (Å²) in [6.07, 6.45) is 2.65. The lowest BCUT2D eigenvalue weighted by molar-refractivity contribution is -0.122. The third-order valence-electron chi connectivity index (χ3n) is 3.32. The Hall–Kier alpha value is -1.55. The van der Waals surface area contributed by atoms with Crippen molar-refractivity contribution >= 4 is 23.4 Å². The molecule has 108 valence electrons. The molecule has 0 unspecified atom stereocenters. The van der Waals surface area contributed by atoms with Crippen molar-refractivity contribution in [1.29, 1.82) is 0 Å². The van der Waals surface area contributed by atoms with Crippen molar-refractivity contribution < 1.29 is 9.59 Å². The molecule has 1 atom stereocenters. The van der Waals surface area contributed by atoms with Crippen LogP contribution >= 0.6 is 11.6 Å². The fourth-order valence-corrected chi connectivity index (χ4v) is 2.16. The molecule has 0 aromatic heterocycles. The van der Waals surface area contributed by atoms with Crippen molar-refractivity contribution in [3.05, 3.63) is 34.9 Å². The summed E-state index contributed by atoms with van der Waals surface area (Å²) in [5, 5.41) is 6.35. The molecule has 2 amide bonds. The van der Waals surface area contributed by atoms with Gasteiger partial charge in [-0.15, -0.1) is 0 Å². The Bertz CT molecular complexity index is 483. The molecule has 1 saturated carbocycles. The molecule has 0 bridgehead atoms. The lowest BCUT2D eigenvalue weighted by atomic mass is 10.0. The first-order chi connectivity index (χ1) is 9.54. The van der Waals surface area contributed by atoms with Gasteiger partial charge in [0.1, 0.15) is 0 Å². The fourth-order valence-electron chi connectivity index (χ4n) is 2.03. The standard InChI is InChI=1S/C15H19ClN2O2/c1-10(19)18-14(12-4-6-13(16)7-5-12)8-15(20)17-9-11-2-3-11/h4-7,11,14H,2-3,8-9H2,1H3,(H,17,20)(H,18,19)/t14-/m0/s1. The topological polar surface area (TPSA) is 58.2 Å². The van der Waals surface area contributed by atoms with Gasteiger partial charge in [0.2, 0.25) is 11.8 Å². The zero-order valence-corrected chi connectivity index (χ0v) is 12.2. The summed E-state index contributed by atoms with van der Waals surface area (Å²) in [4.78, 5) is 23.2. The highest BCUT2D eigenvalue weighted by molar-refractivity contribution is 6.30. The molecule has 20 heavy (non-hydrogen) atoms. The van der Waals surface area contributed by atoms with Crippen LogP contribution in [0.25, 0.3) is 0 Å². The van der Waals surface area contributed by atoms with Gasteiger partial charge in [-0.3, -0.25) is 9.59 Å². The van der Waals surface area contributed by atoms with E-state index in [2.05, 4.69) is 10.6 Å². The average molecular weight is 295 g/mol. The Morgan fingerprint density at radius 3 is 2.50 bits per heavy atom. The second-order valence-electron chi connectivity index (χ2n) is 5.26. The van der Waals surface area contributed by atoms with Crippen molar-refractivity contribution in [2.45, 2.75) is 32.2 Å². The maximum Gasteiger partial charge on any atom is 0.222 e. The summed E-state index contributed by atoms with van der Waals surface area (Å²) in [7, 11) is 0. The van der Waals surface area contributed by atoms with Gasteiger partial charge in [0.05, 0.1) is 12.5 Å². The summed E-state index contributed by atoms with van der Waals surface area (Å²) in [6.45, 7) is 2.19. The van der Waals surface area contributed by atoms with Crippen LogP contribution in [-0.2, 0) is 9.59 Å². The molecular formula is C15H19ClN2O2. The van der Waals surface area contributed by atoms with Crippen molar-refractivity contribution in [2.24, 2.45) is 5.92 Å². The van der Waals surface area contributed by atoms with E-state index in [-0.39, 0.29) is 24.3 Å². The third kappa shape index (κ3) is 4.85. The van der Waals surface area contributed by atoms with Crippen molar-refractivity contribution in [2.75, 3.05) is 6.54 Å². The van der Waals surface area contributed by atoms with Crippen LogP contribution in [0.1, 0.15) is 37.8 Å². The third-order valence-corrected chi connectivity index (χ3v) is 3.58. The molecule has 0 spiro atoms. The van der Waals surface area contributed by atoms with Crippen LogP contribution in [0.15, 0.2) is 24.3 Å². The maximum absolute atomic E-state index is 11.9. The van der Waals surface area contributed by atoms with E-state index >= 15 is 0 Å². The second-order valence-corrected chi connectivity index (χ2v) is 5.69. The highest BCUT2D eigenvalue weighted by Gasteiger charge is 2.23. The minimum Gasteiger partial charge on any atom is -0.356 e. The first kappa shape index (κ1) is 14.9. The van der Waals surface area contributed by atoms with Gasteiger partial charge in [0.15, 0.2) is 0 Å². The van der Waals surface area contributed by atoms with E-state index in [1.54, 1.807) is 12.1 Å². The monoisotopic (exact) mass is 294 g/mol. The molecular weight excluding hydrogens is 276 g/mol. The number of benzene rings is 1. The quantitative estimate of drug-likeness (QED) is 0.846. The zero-order valence-electron chi connectivity index (χ0n) is 11.5. The van der Waals surface area contributed by atoms with Crippen LogP contribution in [0.2, 0.25) is 5.02 Å². The van der Waals surface area contributed by atoms with Crippen LogP contribution < -0.4 is 10.6 Å². The number of hydrogen-bond donors (Lipinski definition) is 2. The van der Waals surface area contributed by atoms with Gasteiger partial charge in [-0.2, -0.15) is 0 Å². The first-order valence-electron chi connectivity index (χ1n) is 6.84. The molecule has 0 radical (unpaired) electrons. The van der Waals surface area contributed by atoms with Crippen LogP contribution in [0, 0.1) is 5.92 Å². The summed E-state index contributed by atoms with van der Waals surface area (Å²) < 4.78 is 0. The number of carbonyl (C=O) groups excluding carboxylic acids is 2. The predicted octanol–water partition coefficient (Wildman–Crippen LogP) is 2.43. The lowest BCUT2D eigenvalue weighted by Gasteiger charge is -2.18. The molecule has 2 N–H and O–H groups in total. The highest BCUT2D eigenvalue weighted by Crippen LogP contribution is 2.27. The Labute approximate surface area is 123 Å². The van der Waals surface area contributed by atoms with E-state index in [9.17, 15) is 9.59 Å². The molecule has 1 aromatic carbocycles. The summed E-state index contributed by atoms with van der Waals surface area (Å²) in [5.74, 6) is 0.458. The molecule has 1 aliphatic carbocycles. The van der Waals surface area contributed by atoms with Crippen LogP contribution in [0.3, 0.4) is 0 Å². The highest BCUT2D eigenvalue weighted by atomic mass is 35.5. The Kier molecular flexibility index (Phi) is 5.01. The molecule has 0 saturated heterocycles. The van der Waals surface area contributed by atoms with Gasteiger partial charge in [-0.25, -0.2) is 0 Å². The van der Waals surface area contributed by atoms with Crippen molar-refractivity contribution in [1.82, 2.24) is 10.6 Å². The molecule has 1 aliphatic rings. The van der Waals surface area contributed by atoms with Crippen molar-refractivity contribution in [3.63, 3.8) is 0 Å². The molecule has 0 heterocycles. The molecule has 4 nitrogen and oxygen atoms in total. The molecule has 0 aliphatic heterocycles. The molecule has 1 aromatic rings. The largest absolute Gasteiger partial charge is 0.356 e. The van der Waals surface area contributed by atoms with Gasteiger partial charge >= 0.3 is 0 Å². The number of rotatable bonds is 6. The van der Waals surface area contributed by atoms with E-state index in [4.69, 9.17) is 11.6 Å². The molecule has 5 heteroatoms. The summed E-state index contributed by atoms with van der Waals surface area (Å²) in [6, 6.07) is 6.86. The summed E-state index contributed by atoms with van der Waals surface area (Å²) in [5.41, 5.74) is 0.881. The first-order valence-corrected chi connectivity index (χ1v) is 7.21. The van der Waals surface area contributed by atoms with E-state index in [1.165, 1.54) is 19.8 Å². The van der Waals surface area contributed by atoms with Crippen LogP contribution in [0.5, 0.6) is 0 Å². The van der Waals surface area contributed by atoms with Crippen molar-refractivity contribution in [3.8, 4) is 0 Å². The Morgan fingerprint density at radius 1 is 1.30 bits per heavy atom. The Balaban J connectivity index is 1.96. The van der Waals surface area contributed by atoms with Crippen LogP contribution in [-0.4, -0.2) is 18.4 Å². The lowest BCUT2D eigenvalue weighted by Crippen LogP contribution is -2.33. The number of carbonyl (C=O) groups is 2. The number of amides is 2. The van der Waals surface area contributed by atoms with E-state index in [0.717, 1.165) is 12.1 Å². The number of hydrogen-bond acceptors (Lipinski definition) is 2. The van der Waals surface area contributed by atoms with Crippen LogP contribution in [0.4, 0.5) is 0 Å². The minimum absolute atomic E-state index is 0.0365. The SMILES string of the molecule is CC(=O)N[C@@H](CC(=O)NCC1CC1)c1ccc(Cl)cc1. The molecule has 2 rings (SSSR count). The van der Waals surface area contributed by atoms with E-state index < -0.39 is 0 Å². The maximum atomic E-state index is 11.9. The van der Waals surface area contributed by atoms with Gasteiger partial charge < -0.3 is 10.6 Å². The van der Waals surface area contributed by atoms with Gasteiger partial charge in [-0.05, 0) is 36.5 Å². The second kappa shape index (κ2) is 6.75. The Morgan fingerprint density at radius 2 is 1.95 bits per heavy atom. The average Bonchev–Trinajstić information content (AvgIpc) is 3.20. The minimum atomic E-state index is -0.316. The van der Waals surface area contributed by atoms with Gasteiger partial charge in [-0.1, -0.05) is 23.7 Å². The number of halogens is 1.